The minimum absolute atomic E-state index is 0.353. The number of hydrogen-bond acceptors (Lipinski definition) is 1. The van der Waals surface area contributed by atoms with Crippen molar-refractivity contribution in [3.8, 4) is 12.3 Å². The lowest BCUT2D eigenvalue weighted by atomic mass is 10.2. The SMILES string of the molecule is C#CCOCC(/C=C\C)=C/C=C. The fourth-order valence-corrected chi connectivity index (χ4v) is 0.745. The number of rotatable bonds is 5. The van der Waals surface area contributed by atoms with Gasteiger partial charge in [-0.25, -0.2) is 0 Å². The monoisotopic (exact) mass is 162 g/mol. The van der Waals surface area contributed by atoms with Crippen LogP contribution in [0.1, 0.15) is 6.92 Å². The summed E-state index contributed by atoms with van der Waals surface area (Å²) < 4.78 is 5.15. The second-order valence-electron chi connectivity index (χ2n) is 2.17. The predicted molar refractivity (Wildman–Crippen MR) is 52.7 cm³/mol. The zero-order valence-electron chi connectivity index (χ0n) is 7.42. The molecule has 1 nitrogen and oxygen atoms in total. The third-order valence-corrected chi connectivity index (χ3v) is 1.17. The van der Waals surface area contributed by atoms with Gasteiger partial charge in [-0.15, -0.1) is 6.42 Å². The molecule has 0 unspecified atom stereocenters. The first kappa shape index (κ1) is 10.7. The van der Waals surface area contributed by atoms with Gasteiger partial charge in [0.25, 0.3) is 0 Å². The molecular formula is C11H14O. The lowest BCUT2D eigenvalue weighted by molar-refractivity contribution is 0.194. The molecule has 0 spiro atoms. The lowest BCUT2D eigenvalue weighted by Gasteiger charge is -1.99. The normalized spacial score (nSPS) is 11.5. The van der Waals surface area contributed by atoms with Crippen LogP contribution >= 0.6 is 0 Å². The smallest absolute Gasteiger partial charge is 0.107 e. The van der Waals surface area contributed by atoms with E-state index in [2.05, 4.69) is 12.5 Å². The highest BCUT2D eigenvalue weighted by Gasteiger charge is 1.89. The Kier molecular flexibility index (Phi) is 7.02. The van der Waals surface area contributed by atoms with E-state index in [-0.39, 0.29) is 0 Å². The quantitative estimate of drug-likeness (QED) is 0.342. The first-order valence-corrected chi connectivity index (χ1v) is 3.80. The molecule has 0 saturated carbocycles. The summed E-state index contributed by atoms with van der Waals surface area (Å²) in [6, 6.07) is 0. The van der Waals surface area contributed by atoms with E-state index in [4.69, 9.17) is 11.2 Å². The van der Waals surface area contributed by atoms with Crippen LogP contribution < -0.4 is 0 Å². The molecule has 0 atom stereocenters. The van der Waals surface area contributed by atoms with Gasteiger partial charge in [0.05, 0.1) is 6.61 Å². The highest BCUT2D eigenvalue weighted by Crippen LogP contribution is 1.98. The maximum absolute atomic E-state index is 5.15. The summed E-state index contributed by atoms with van der Waals surface area (Å²) >= 11 is 0. The number of hydrogen-bond donors (Lipinski definition) is 0. The highest BCUT2D eigenvalue weighted by molar-refractivity contribution is 5.22. The molecule has 0 saturated heterocycles. The Morgan fingerprint density at radius 1 is 1.67 bits per heavy atom. The molecule has 0 fully saturated rings. The van der Waals surface area contributed by atoms with E-state index >= 15 is 0 Å². The van der Waals surface area contributed by atoms with Crippen molar-refractivity contribution in [1.29, 1.82) is 0 Å². The van der Waals surface area contributed by atoms with Gasteiger partial charge in [0.2, 0.25) is 0 Å². The fraction of sp³-hybridized carbons (Fsp3) is 0.273. The molecule has 0 N–H and O–H groups in total. The third-order valence-electron chi connectivity index (χ3n) is 1.17. The van der Waals surface area contributed by atoms with E-state index < -0.39 is 0 Å². The molecule has 0 aromatic rings. The van der Waals surface area contributed by atoms with Crippen molar-refractivity contribution >= 4 is 0 Å². The number of allylic oxidation sites excluding steroid dienone is 3. The predicted octanol–water partition coefficient (Wildman–Crippen LogP) is 2.32. The van der Waals surface area contributed by atoms with Crippen LogP contribution in [0.4, 0.5) is 0 Å². The second kappa shape index (κ2) is 7.84. The van der Waals surface area contributed by atoms with Gasteiger partial charge in [-0.3, -0.25) is 0 Å². The summed E-state index contributed by atoms with van der Waals surface area (Å²) in [4.78, 5) is 0. The van der Waals surface area contributed by atoms with Gasteiger partial charge in [-0.2, -0.15) is 0 Å². The van der Waals surface area contributed by atoms with E-state index in [9.17, 15) is 0 Å². The summed E-state index contributed by atoms with van der Waals surface area (Å²) in [5.41, 5.74) is 1.07. The van der Waals surface area contributed by atoms with Crippen LogP contribution in [0.25, 0.3) is 0 Å². The van der Waals surface area contributed by atoms with Crippen LogP contribution in [0.5, 0.6) is 0 Å². The van der Waals surface area contributed by atoms with Gasteiger partial charge in [0.1, 0.15) is 6.61 Å². The Bertz CT molecular complexity index is 216. The minimum atomic E-state index is 0.353. The summed E-state index contributed by atoms with van der Waals surface area (Å²) in [5, 5.41) is 0. The molecule has 0 bridgehead atoms. The average Bonchev–Trinajstić information content (AvgIpc) is 2.06. The van der Waals surface area contributed by atoms with Crippen LogP contribution in [-0.4, -0.2) is 13.2 Å². The lowest BCUT2D eigenvalue weighted by Crippen LogP contribution is -1.96. The standard InChI is InChI=1S/C11H14O/c1-4-7-11(8-5-2)10-12-9-6-3/h3-5,7-8H,1,9-10H2,2H3/b8-5-,11-7+. The van der Waals surface area contributed by atoms with Crippen LogP contribution in [0, 0.1) is 12.3 Å². The Hall–Kier alpha value is -1.26. The van der Waals surface area contributed by atoms with Crippen LogP contribution in [0.2, 0.25) is 0 Å². The molecule has 12 heavy (non-hydrogen) atoms. The van der Waals surface area contributed by atoms with Gasteiger partial charge >= 0.3 is 0 Å². The molecule has 64 valence electrons. The molecule has 1 heteroatoms. The molecule has 0 radical (unpaired) electrons. The number of terminal acetylenes is 1. The van der Waals surface area contributed by atoms with E-state index in [1.807, 2.05) is 25.2 Å². The van der Waals surface area contributed by atoms with E-state index in [0.717, 1.165) is 5.57 Å². The third kappa shape index (κ3) is 5.52. The largest absolute Gasteiger partial charge is 0.364 e. The Morgan fingerprint density at radius 2 is 2.42 bits per heavy atom. The first-order valence-electron chi connectivity index (χ1n) is 3.80. The van der Waals surface area contributed by atoms with Crippen molar-refractivity contribution in [2.24, 2.45) is 0 Å². The number of ether oxygens (including phenoxy) is 1. The van der Waals surface area contributed by atoms with Gasteiger partial charge in [-0.05, 0) is 12.5 Å². The zero-order valence-corrected chi connectivity index (χ0v) is 7.42. The van der Waals surface area contributed by atoms with Crippen molar-refractivity contribution in [2.75, 3.05) is 13.2 Å². The fourth-order valence-electron chi connectivity index (χ4n) is 0.745. The summed E-state index contributed by atoms with van der Waals surface area (Å²) in [7, 11) is 0. The molecular weight excluding hydrogens is 148 g/mol. The molecule has 0 aliphatic carbocycles. The van der Waals surface area contributed by atoms with E-state index in [1.54, 1.807) is 6.08 Å². The first-order chi connectivity index (χ1) is 5.85. The molecule has 0 rings (SSSR count). The van der Waals surface area contributed by atoms with Crippen molar-refractivity contribution in [3.63, 3.8) is 0 Å². The Balaban J connectivity index is 3.89. The van der Waals surface area contributed by atoms with Crippen molar-refractivity contribution in [1.82, 2.24) is 0 Å². The molecule has 0 aliphatic heterocycles. The van der Waals surface area contributed by atoms with Gasteiger partial charge in [0.15, 0.2) is 0 Å². The average molecular weight is 162 g/mol. The van der Waals surface area contributed by atoms with Crippen LogP contribution in [0.3, 0.4) is 0 Å². The topological polar surface area (TPSA) is 9.23 Å². The molecule has 0 aromatic heterocycles. The van der Waals surface area contributed by atoms with Crippen LogP contribution in [-0.2, 0) is 4.74 Å². The second-order valence-corrected chi connectivity index (χ2v) is 2.17. The minimum Gasteiger partial charge on any atom is -0.364 e. The highest BCUT2D eigenvalue weighted by atomic mass is 16.5. The van der Waals surface area contributed by atoms with E-state index in [1.165, 1.54) is 0 Å². The molecule has 0 aromatic carbocycles. The van der Waals surface area contributed by atoms with Crippen LogP contribution in [0.15, 0.2) is 36.5 Å². The molecule has 0 heterocycles. The van der Waals surface area contributed by atoms with Gasteiger partial charge in [-0.1, -0.05) is 36.8 Å². The zero-order chi connectivity index (χ0) is 9.23. The molecule has 0 amide bonds. The van der Waals surface area contributed by atoms with E-state index in [0.29, 0.717) is 13.2 Å². The van der Waals surface area contributed by atoms with Gasteiger partial charge < -0.3 is 4.74 Å². The maximum Gasteiger partial charge on any atom is 0.107 e. The van der Waals surface area contributed by atoms with Crippen molar-refractivity contribution in [3.05, 3.63) is 36.5 Å². The summed E-state index contributed by atoms with van der Waals surface area (Å²) in [6.07, 6.45) is 12.6. The van der Waals surface area contributed by atoms with Gasteiger partial charge in [0, 0.05) is 0 Å². The Labute approximate surface area is 74.4 Å². The molecule has 0 aliphatic rings. The summed E-state index contributed by atoms with van der Waals surface area (Å²) in [6.45, 7) is 6.46. The van der Waals surface area contributed by atoms with Crippen molar-refractivity contribution < 1.29 is 4.74 Å². The Morgan fingerprint density at radius 3 is 2.92 bits per heavy atom. The van der Waals surface area contributed by atoms with Crippen molar-refractivity contribution in [2.45, 2.75) is 6.92 Å². The maximum atomic E-state index is 5.15. The summed E-state index contributed by atoms with van der Waals surface area (Å²) in [5.74, 6) is 2.41.